The number of rotatable bonds is 38. The number of unbranched alkanes of at least 4 members (excludes halogenated alkanes) is 27. The van der Waals surface area contributed by atoms with Crippen molar-refractivity contribution in [1.29, 1.82) is 0 Å². The van der Waals surface area contributed by atoms with Crippen molar-refractivity contribution in [1.82, 2.24) is 5.32 Å². The molecule has 4 atom stereocenters. The summed E-state index contributed by atoms with van der Waals surface area (Å²) in [6.45, 7) is 4.05. The molecule has 0 heterocycles. The summed E-state index contributed by atoms with van der Waals surface area (Å²) in [4.78, 5) is 12.5. The maximum absolute atomic E-state index is 12.5. The minimum Gasteiger partial charge on any atom is -0.394 e. The summed E-state index contributed by atoms with van der Waals surface area (Å²) in [5.41, 5.74) is 0. The number of hydrogen-bond donors (Lipinski definition) is 5. The number of nitrogens with one attached hydrogen (secondary N) is 1. The Bertz CT molecular complexity index is 687. The van der Waals surface area contributed by atoms with Crippen molar-refractivity contribution >= 4 is 5.91 Å². The van der Waals surface area contributed by atoms with Gasteiger partial charge in [0.15, 0.2) is 0 Å². The molecule has 0 saturated heterocycles. The molecule has 5 N–H and O–H groups in total. The molecule has 0 saturated carbocycles. The molecule has 4 unspecified atom stereocenters. The molecule has 6 nitrogen and oxygen atoms in total. The third kappa shape index (κ3) is 31.1. The van der Waals surface area contributed by atoms with Crippen LogP contribution < -0.4 is 5.32 Å². The Morgan fingerprint density at radius 1 is 0.500 bits per heavy atom. The number of carbonyl (C=O) groups excluding carboxylic acids is 1. The maximum atomic E-state index is 12.5. The molecule has 6 heteroatoms. The number of allylic oxidation sites excluding steroid dienone is 2. The van der Waals surface area contributed by atoms with Gasteiger partial charge in [0.05, 0.1) is 18.8 Å². The van der Waals surface area contributed by atoms with Gasteiger partial charge in [0.25, 0.3) is 0 Å². The standard InChI is InChI=1S/C42H83NO5/c1-3-5-7-9-11-13-15-17-19-20-22-24-26-28-30-32-34-36-40(46)42(48)43-38(37-44)41(47)39(45)35-33-31-29-27-25-23-21-18-16-14-12-10-8-6-4-2/h22,24,38-41,44-47H,3-21,23,25-37H2,1-2H3,(H,43,48)/b24-22-. The van der Waals surface area contributed by atoms with Crippen molar-refractivity contribution in [2.45, 2.75) is 244 Å². The fourth-order valence-electron chi connectivity index (χ4n) is 6.57. The number of amides is 1. The Kier molecular flexibility index (Phi) is 36.6. The van der Waals surface area contributed by atoms with Crippen molar-refractivity contribution in [2.75, 3.05) is 6.61 Å². The number of aliphatic hydroxyl groups excluding tert-OH is 4. The first kappa shape index (κ1) is 47.0. The number of aliphatic hydroxyl groups is 4. The van der Waals surface area contributed by atoms with Crippen LogP contribution in [-0.2, 0) is 4.79 Å². The first-order chi connectivity index (χ1) is 23.5. The molecule has 0 aromatic carbocycles. The summed E-state index contributed by atoms with van der Waals surface area (Å²) in [5.74, 6) is -0.591. The summed E-state index contributed by atoms with van der Waals surface area (Å²) < 4.78 is 0. The van der Waals surface area contributed by atoms with Gasteiger partial charge in [-0.05, 0) is 38.5 Å². The van der Waals surface area contributed by atoms with Gasteiger partial charge in [0, 0.05) is 0 Å². The molecule has 0 aromatic heterocycles. The summed E-state index contributed by atoms with van der Waals surface area (Å²) in [6.07, 6.45) is 39.5. The molecule has 0 spiro atoms. The molecule has 0 radical (unpaired) electrons. The van der Waals surface area contributed by atoms with Gasteiger partial charge >= 0.3 is 0 Å². The fraction of sp³-hybridized carbons (Fsp3) is 0.929. The summed E-state index contributed by atoms with van der Waals surface area (Å²) in [5, 5.41) is 43.6. The molecule has 0 aliphatic heterocycles. The van der Waals surface area contributed by atoms with E-state index in [-0.39, 0.29) is 0 Å². The second kappa shape index (κ2) is 37.3. The van der Waals surface area contributed by atoms with E-state index in [0.717, 1.165) is 51.4 Å². The van der Waals surface area contributed by atoms with E-state index in [1.54, 1.807) is 0 Å². The van der Waals surface area contributed by atoms with Crippen LogP contribution in [-0.4, -0.2) is 57.3 Å². The van der Waals surface area contributed by atoms with Crippen molar-refractivity contribution in [3.63, 3.8) is 0 Å². The van der Waals surface area contributed by atoms with Gasteiger partial charge in [-0.1, -0.05) is 193 Å². The van der Waals surface area contributed by atoms with Gasteiger partial charge in [-0.25, -0.2) is 0 Å². The van der Waals surface area contributed by atoms with E-state index < -0.39 is 36.9 Å². The first-order valence-electron chi connectivity index (χ1n) is 21.1. The Hall–Kier alpha value is -0.950. The predicted molar refractivity (Wildman–Crippen MR) is 205 cm³/mol. The van der Waals surface area contributed by atoms with Crippen molar-refractivity contribution in [3.8, 4) is 0 Å². The van der Waals surface area contributed by atoms with E-state index >= 15 is 0 Å². The van der Waals surface area contributed by atoms with Crippen LogP contribution in [0.1, 0.15) is 219 Å². The average molecular weight is 682 g/mol. The Labute approximate surface area is 298 Å². The quantitative estimate of drug-likeness (QED) is 0.0329. The second-order valence-corrected chi connectivity index (χ2v) is 14.7. The van der Waals surface area contributed by atoms with E-state index in [2.05, 4.69) is 31.3 Å². The summed E-state index contributed by atoms with van der Waals surface area (Å²) in [6, 6.07) is -0.985. The largest absolute Gasteiger partial charge is 0.394 e. The van der Waals surface area contributed by atoms with Gasteiger partial charge in [0.1, 0.15) is 12.2 Å². The van der Waals surface area contributed by atoms with Crippen LogP contribution in [0.3, 0.4) is 0 Å². The lowest BCUT2D eigenvalue weighted by atomic mass is 9.99. The fourth-order valence-corrected chi connectivity index (χ4v) is 6.57. The van der Waals surface area contributed by atoms with Crippen LogP contribution in [0.25, 0.3) is 0 Å². The number of carbonyl (C=O) groups is 1. The molecule has 0 aromatic rings. The highest BCUT2D eigenvalue weighted by molar-refractivity contribution is 5.80. The molecule has 48 heavy (non-hydrogen) atoms. The number of hydrogen-bond acceptors (Lipinski definition) is 5. The maximum Gasteiger partial charge on any atom is 0.249 e. The van der Waals surface area contributed by atoms with Gasteiger partial charge in [-0.2, -0.15) is 0 Å². The first-order valence-corrected chi connectivity index (χ1v) is 21.1. The Balaban J connectivity index is 3.77. The normalized spacial score (nSPS) is 14.4. The van der Waals surface area contributed by atoms with E-state index in [4.69, 9.17) is 0 Å². The molecule has 0 aliphatic rings. The van der Waals surface area contributed by atoms with Crippen molar-refractivity contribution in [3.05, 3.63) is 12.2 Å². The molecule has 0 rings (SSSR count). The minimum absolute atomic E-state index is 0.357. The van der Waals surface area contributed by atoms with E-state index in [9.17, 15) is 25.2 Å². The highest BCUT2D eigenvalue weighted by Gasteiger charge is 2.28. The molecule has 1 amide bonds. The van der Waals surface area contributed by atoms with Crippen LogP contribution in [0.5, 0.6) is 0 Å². The van der Waals surface area contributed by atoms with Crippen LogP contribution >= 0.6 is 0 Å². The smallest absolute Gasteiger partial charge is 0.249 e. The zero-order chi connectivity index (χ0) is 35.3. The Morgan fingerprint density at radius 3 is 1.21 bits per heavy atom. The molecule has 286 valence electrons. The van der Waals surface area contributed by atoms with E-state index in [1.807, 2.05) is 0 Å². The van der Waals surface area contributed by atoms with Crippen LogP contribution in [0, 0.1) is 0 Å². The second-order valence-electron chi connectivity index (χ2n) is 14.7. The van der Waals surface area contributed by atoms with E-state index in [1.165, 1.54) is 141 Å². The topological polar surface area (TPSA) is 110 Å². The predicted octanol–water partition coefficient (Wildman–Crippen LogP) is 10.6. The lowest BCUT2D eigenvalue weighted by molar-refractivity contribution is -0.132. The monoisotopic (exact) mass is 682 g/mol. The van der Waals surface area contributed by atoms with Crippen LogP contribution in [0.4, 0.5) is 0 Å². The summed E-state index contributed by atoms with van der Waals surface area (Å²) in [7, 11) is 0. The third-order valence-electron chi connectivity index (χ3n) is 9.98. The SMILES string of the molecule is CCCCCCCCCCC/C=C\CCCCCCC(O)C(=O)NC(CO)C(O)C(O)CCCCCCCCCCCCCCCCC. The lowest BCUT2D eigenvalue weighted by Gasteiger charge is -2.27. The van der Waals surface area contributed by atoms with Gasteiger partial charge in [0.2, 0.25) is 5.91 Å². The van der Waals surface area contributed by atoms with Crippen molar-refractivity contribution in [2.24, 2.45) is 0 Å². The molecular weight excluding hydrogens is 598 g/mol. The van der Waals surface area contributed by atoms with Crippen molar-refractivity contribution < 1.29 is 25.2 Å². The molecule has 0 bridgehead atoms. The van der Waals surface area contributed by atoms with Gasteiger partial charge in [-0.3, -0.25) is 4.79 Å². The molecule has 0 fully saturated rings. The lowest BCUT2D eigenvalue weighted by Crippen LogP contribution is -2.53. The zero-order valence-electron chi connectivity index (χ0n) is 32.0. The minimum atomic E-state index is -1.26. The third-order valence-corrected chi connectivity index (χ3v) is 9.98. The van der Waals surface area contributed by atoms with Gasteiger partial charge in [-0.15, -0.1) is 0 Å². The highest BCUT2D eigenvalue weighted by Crippen LogP contribution is 2.16. The van der Waals surface area contributed by atoms with E-state index in [0.29, 0.717) is 12.8 Å². The van der Waals surface area contributed by atoms with Gasteiger partial charge < -0.3 is 25.7 Å². The zero-order valence-corrected chi connectivity index (χ0v) is 32.0. The van der Waals surface area contributed by atoms with Crippen LogP contribution in [0.15, 0.2) is 12.2 Å². The van der Waals surface area contributed by atoms with Crippen LogP contribution in [0.2, 0.25) is 0 Å². The molecular formula is C42H83NO5. The summed E-state index contributed by atoms with van der Waals surface area (Å²) >= 11 is 0. The highest BCUT2D eigenvalue weighted by atomic mass is 16.3. The Morgan fingerprint density at radius 2 is 0.833 bits per heavy atom. The average Bonchev–Trinajstić information content (AvgIpc) is 3.09. The molecule has 0 aliphatic carbocycles.